The molecule has 1 rings (SSSR count). The maximum absolute atomic E-state index is 10.3. The second kappa shape index (κ2) is 48.2. The van der Waals surface area contributed by atoms with E-state index in [1.807, 2.05) is 0 Å². The van der Waals surface area contributed by atoms with E-state index in [0.717, 1.165) is 12.1 Å². The minimum atomic E-state index is -1.52. The van der Waals surface area contributed by atoms with Crippen molar-refractivity contribution in [2.45, 2.75) is 237 Å². The molecule has 0 spiro atoms. The standard InChI is InChI=1S/3C16H36N.C8H6O4.HI/c3*1-5-9-13-17(14-10-6-2,15-11-7-3)16-12-8-4;9-7(10)5-3-1-2-4-6(5)8(11)12;/h3*5-16H2,1-4H3;1-4H,(H,9,10)(H,11,12);1H/q3*+1;;/p-3. The van der Waals surface area contributed by atoms with Gasteiger partial charge in [-0.25, -0.2) is 0 Å². The summed E-state index contributed by atoms with van der Waals surface area (Å²) >= 11 is 0. The number of halogens is 1. The molecule has 0 bridgehead atoms. The Morgan fingerprint density at radius 3 is 0.531 bits per heavy atom. The number of rotatable bonds is 38. The summed E-state index contributed by atoms with van der Waals surface area (Å²) in [5, 5.41) is 20.6. The third-order valence-electron chi connectivity index (χ3n) is 13.2. The monoisotopic (exact) mass is 1020 g/mol. The predicted octanol–water partition coefficient (Wildman–Crippen LogP) is 10.4. The Balaban J connectivity index is -0.000000376. The van der Waals surface area contributed by atoms with E-state index in [-0.39, 0.29) is 35.1 Å². The third kappa shape index (κ3) is 35.9. The zero-order chi connectivity index (χ0) is 48.1. The van der Waals surface area contributed by atoms with Crippen molar-refractivity contribution >= 4 is 11.9 Å². The van der Waals surface area contributed by atoms with Gasteiger partial charge in [0, 0.05) is 11.1 Å². The maximum Gasteiger partial charge on any atom is 0.0786 e. The molecule has 0 unspecified atom stereocenters. The van der Waals surface area contributed by atoms with E-state index >= 15 is 0 Å². The van der Waals surface area contributed by atoms with Crippen molar-refractivity contribution in [3.05, 3.63) is 35.4 Å². The number of unbranched alkanes of at least 4 members (excludes halogenated alkanes) is 12. The van der Waals surface area contributed by atoms with Crippen LogP contribution in [0.15, 0.2) is 24.3 Å². The summed E-state index contributed by atoms with van der Waals surface area (Å²) in [6.45, 7) is 45.1. The number of hydrogen-bond donors (Lipinski definition) is 0. The molecule has 0 atom stereocenters. The lowest BCUT2D eigenvalue weighted by atomic mass is 10.1. The first-order valence-corrected chi connectivity index (χ1v) is 27.4. The first-order valence-electron chi connectivity index (χ1n) is 27.4. The van der Waals surface area contributed by atoms with Gasteiger partial charge in [0.05, 0.1) is 90.5 Å². The average molecular weight is 1020 g/mol. The van der Waals surface area contributed by atoms with E-state index in [9.17, 15) is 19.8 Å². The second-order valence-electron chi connectivity index (χ2n) is 19.1. The molecule has 64 heavy (non-hydrogen) atoms. The molecule has 0 saturated heterocycles. The molecular weight excluding hydrogens is 906 g/mol. The van der Waals surface area contributed by atoms with Gasteiger partial charge in [0.1, 0.15) is 0 Å². The quantitative estimate of drug-likeness (QED) is 0.0488. The number of carbonyl (C=O) groups is 2. The lowest BCUT2D eigenvalue weighted by Gasteiger charge is -2.39. The number of carbonyl (C=O) groups excluding carboxylic acids is 2. The zero-order valence-corrected chi connectivity index (χ0v) is 47.3. The van der Waals surface area contributed by atoms with Gasteiger partial charge in [0.2, 0.25) is 0 Å². The number of benzene rings is 1. The van der Waals surface area contributed by atoms with Crippen LogP contribution in [0.25, 0.3) is 0 Å². The Labute approximate surface area is 418 Å². The van der Waals surface area contributed by atoms with Crippen LogP contribution in [0.1, 0.15) is 258 Å². The minimum Gasteiger partial charge on any atom is -1.00 e. The van der Waals surface area contributed by atoms with Gasteiger partial charge in [0.15, 0.2) is 0 Å². The molecule has 1 aromatic rings. The SMILES string of the molecule is CCCC[N+](CCCC)(CCCC)CCCC.CCCC[N+](CCCC)(CCCC)CCCC.CCCC[N+](CCCC)(CCCC)CCCC.O=C([O-])c1ccccc1C(=O)[O-].[I-]. The molecular formula is C56H112IN3O4. The van der Waals surface area contributed by atoms with E-state index < -0.39 is 11.9 Å². The highest BCUT2D eigenvalue weighted by Gasteiger charge is 2.27. The molecule has 0 fully saturated rings. The molecule has 0 radical (unpaired) electrons. The number of carboxylic acids is 2. The van der Waals surface area contributed by atoms with Crippen LogP contribution in [0.2, 0.25) is 0 Å². The van der Waals surface area contributed by atoms with Gasteiger partial charge in [-0.2, -0.15) is 0 Å². The molecule has 0 aliphatic carbocycles. The first-order chi connectivity index (χ1) is 30.4. The third-order valence-corrected chi connectivity index (χ3v) is 13.2. The number of quaternary nitrogens is 3. The summed E-state index contributed by atoms with van der Waals surface area (Å²) in [7, 11) is 0. The van der Waals surface area contributed by atoms with Crippen molar-refractivity contribution in [3.8, 4) is 0 Å². The van der Waals surface area contributed by atoms with Crippen LogP contribution < -0.4 is 34.2 Å². The van der Waals surface area contributed by atoms with Gasteiger partial charge in [-0.05, 0) is 77.0 Å². The molecule has 0 aliphatic rings. The lowest BCUT2D eigenvalue weighted by molar-refractivity contribution is -0.929. The predicted molar refractivity (Wildman–Crippen MR) is 273 cm³/mol. The van der Waals surface area contributed by atoms with Crippen molar-refractivity contribution in [2.75, 3.05) is 78.5 Å². The smallest absolute Gasteiger partial charge is 0.0786 e. The maximum atomic E-state index is 10.3. The molecule has 0 saturated carbocycles. The van der Waals surface area contributed by atoms with Crippen molar-refractivity contribution < 1.29 is 57.2 Å². The summed E-state index contributed by atoms with van der Waals surface area (Å²) in [5.74, 6) is -3.04. The van der Waals surface area contributed by atoms with Gasteiger partial charge in [-0.1, -0.05) is 184 Å². The van der Waals surface area contributed by atoms with Crippen molar-refractivity contribution in [1.29, 1.82) is 0 Å². The fraction of sp³-hybridized carbons (Fsp3) is 0.857. The van der Waals surface area contributed by atoms with E-state index in [2.05, 4.69) is 83.1 Å². The Bertz CT molecular complexity index is 918. The summed E-state index contributed by atoms with van der Waals surface area (Å²) in [5.41, 5.74) is -0.727. The highest BCUT2D eigenvalue weighted by molar-refractivity contribution is 5.99. The molecule has 0 heterocycles. The van der Waals surface area contributed by atoms with Crippen molar-refractivity contribution in [1.82, 2.24) is 0 Å². The zero-order valence-electron chi connectivity index (χ0n) is 45.1. The van der Waals surface area contributed by atoms with Crippen LogP contribution in [0.3, 0.4) is 0 Å². The number of nitrogens with zero attached hydrogens (tertiary/aromatic N) is 3. The van der Waals surface area contributed by atoms with Crippen LogP contribution in [0.4, 0.5) is 0 Å². The van der Waals surface area contributed by atoms with Crippen molar-refractivity contribution in [2.24, 2.45) is 0 Å². The Hall–Kier alpha value is -1.23. The van der Waals surface area contributed by atoms with E-state index in [4.69, 9.17) is 0 Å². The molecule has 0 aliphatic heterocycles. The summed E-state index contributed by atoms with van der Waals surface area (Å²) in [6, 6.07) is 5.14. The fourth-order valence-electron chi connectivity index (χ4n) is 8.77. The van der Waals surface area contributed by atoms with Gasteiger partial charge >= 0.3 is 0 Å². The summed E-state index contributed by atoms with van der Waals surface area (Å²) in [4.78, 5) is 20.6. The Kier molecular flexibility index (Phi) is 52.3. The minimum absolute atomic E-state index is 0. The highest BCUT2D eigenvalue weighted by Crippen LogP contribution is 2.19. The van der Waals surface area contributed by atoms with E-state index in [0.29, 0.717) is 0 Å². The van der Waals surface area contributed by atoms with Crippen LogP contribution in [-0.4, -0.2) is 104 Å². The Morgan fingerprint density at radius 2 is 0.438 bits per heavy atom. The number of carboxylic acid groups (broad SMARTS) is 2. The second-order valence-corrected chi connectivity index (χ2v) is 19.1. The topological polar surface area (TPSA) is 80.3 Å². The molecule has 7 nitrogen and oxygen atoms in total. The van der Waals surface area contributed by atoms with E-state index in [1.54, 1.807) is 0 Å². The highest BCUT2D eigenvalue weighted by atomic mass is 127. The average Bonchev–Trinajstić information content (AvgIpc) is 3.30. The van der Waals surface area contributed by atoms with Crippen LogP contribution in [0, 0.1) is 0 Å². The van der Waals surface area contributed by atoms with Gasteiger partial charge in [-0.3, -0.25) is 0 Å². The first kappa shape index (κ1) is 69.3. The van der Waals surface area contributed by atoms with Gasteiger partial charge in [0.25, 0.3) is 0 Å². The molecule has 8 heteroatoms. The Morgan fingerprint density at radius 1 is 0.312 bits per heavy atom. The summed E-state index contributed by atoms with van der Waals surface area (Å²) < 4.78 is 4.26. The number of hydrogen-bond acceptors (Lipinski definition) is 4. The molecule has 0 N–H and O–H groups in total. The van der Waals surface area contributed by atoms with Gasteiger partial charge in [-0.15, -0.1) is 0 Å². The normalized spacial score (nSPS) is 11.3. The lowest BCUT2D eigenvalue weighted by Crippen LogP contribution is -3.00. The molecule has 0 aromatic heterocycles. The van der Waals surface area contributed by atoms with Crippen LogP contribution in [-0.2, 0) is 0 Å². The molecule has 382 valence electrons. The van der Waals surface area contributed by atoms with Gasteiger partial charge < -0.3 is 57.2 Å². The van der Waals surface area contributed by atoms with Crippen LogP contribution >= 0.6 is 0 Å². The largest absolute Gasteiger partial charge is 1.00 e. The number of aromatic carboxylic acids is 2. The van der Waals surface area contributed by atoms with Crippen molar-refractivity contribution in [3.63, 3.8) is 0 Å². The molecule has 0 amide bonds. The van der Waals surface area contributed by atoms with Crippen LogP contribution in [0.5, 0.6) is 0 Å². The summed E-state index contributed by atoms with van der Waals surface area (Å²) in [6.07, 6.45) is 33.2. The fourth-order valence-corrected chi connectivity index (χ4v) is 8.77. The van der Waals surface area contributed by atoms with E-state index in [1.165, 1.54) is 258 Å². The molecule has 1 aromatic carbocycles.